The number of hydrogen-bond acceptors (Lipinski definition) is 5. The zero-order valence-electron chi connectivity index (χ0n) is 11.8. The first-order valence-corrected chi connectivity index (χ1v) is 7.09. The zero-order chi connectivity index (χ0) is 14.1. The highest BCUT2D eigenvalue weighted by Gasteiger charge is 2.26. The minimum atomic E-state index is -0.172. The van der Waals surface area contributed by atoms with Crippen molar-refractivity contribution in [2.24, 2.45) is 0 Å². The summed E-state index contributed by atoms with van der Waals surface area (Å²) in [6.45, 7) is 4.01. The van der Waals surface area contributed by atoms with E-state index in [1.807, 2.05) is 20.0 Å². The van der Waals surface area contributed by atoms with Crippen LogP contribution in [0.2, 0.25) is 0 Å². The summed E-state index contributed by atoms with van der Waals surface area (Å²) in [6, 6.07) is 2.06. The van der Waals surface area contributed by atoms with Gasteiger partial charge in [-0.25, -0.2) is 0 Å². The lowest BCUT2D eigenvalue weighted by molar-refractivity contribution is 0.116. The van der Waals surface area contributed by atoms with Crippen molar-refractivity contribution in [3.8, 4) is 11.5 Å². The topological polar surface area (TPSA) is 72.0 Å². The quantitative estimate of drug-likeness (QED) is 0.910. The summed E-state index contributed by atoms with van der Waals surface area (Å²) in [6.07, 6.45) is 5.07. The smallest absolute Gasteiger partial charge is 0.230 e. The molecule has 2 aromatic heterocycles. The maximum absolute atomic E-state index is 9.54. The normalized spacial score (nSPS) is 22.9. The molecule has 20 heavy (non-hydrogen) atoms. The Morgan fingerprint density at radius 1 is 1.20 bits per heavy atom. The molecule has 0 bridgehead atoms. The van der Waals surface area contributed by atoms with Gasteiger partial charge in [-0.15, -0.1) is 0 Å². The molecule has 5 heteroatoms. The Balaban J connectivity index is 1.83. The molecule has 0 radical (unpaired) electrons. The monoisotopic (exact) mass is 273 g/mol. The van der Waals surface area contributed by atoms with Gasteiger partial charge in [-0.2, -0.15) is 4.98 Å². The number of aromatic nitrogens is 3. The van der Waals surface area contributed by atoms with Crippen LogP contribution < -0.4 is 0 Å². The van der Waals surface area contributed by atoms with Gasteiger partial charge in [0, 0.05) is 12.1 Å². The highest BCUT2D eigenvalue weighted by molar-refractivity contribution is 5.54. The first-order valence-electron chi connectivity index (χ1n) is 7.09. The number of pyridine rings is 1. The van der Waals surface area contributed by atoms with E-state index in [-0.39, 0.29) is 12.0 Å². The average Bonchev–Trinajstić information content (AvgIpc) is 2.89. The van der Waals surface area contributed by atoms with Crippen LogP contribution in [0.3, 0.4) is 0 Å². The number of aliphatic hydroxyl groups excluding tert-OH is 1. The number of aryl methyl sites for hydroxylation is 2. The van der Waals surface area contributed by atoms with Gasteiger partial charge in [0.1, 0.15) is 5.69 Å². The predicted molar refractivity (Wildman–Crippen MR) is 74.2 cm³/mol. The molecular formula is C15H19N3O2. The highest BCUT2D eigenvalue weighted by Crippen LogP contribution is 2.32. The molecule has 106 valence electrons. The third-order valence-corrected chi connectivity index (χ3v) is 3.91. The van der Waals surface area contributed by atoms with Crippen molar-refractivity contribution in [1.29, 1.82) is 0 Å². The van der Waals surface area contributed by atoms with Crippen LogP contribution in [0.4, 0.5) is 0 Å². The summed E-state index contributed by atoms with van der Waals surface area (Å²) in [4.78, 5) is 8.89. The second-order valence-electron chi connectivity index (χ2n) is 5.64. The molecule has 2 heterocycles. The van der Waals surface area contributed by atoms with E-state index < -0.39 is 0 Å². The van der Waals surface area contributed by atoms with Gasteiger partial charge in [0.2, 0.25) is 11.7 Å². The summed E-state index contributed by atoms with van der Waals surface area (Å²) in [5, 5.41) is 13.6. The van der Waals surface area contributed by atoms with Crippen molar-refractivity contribution < 1.29 is 9.63 Å². The van der Waals surface area contributed by atoms with Crippen LogP contribution in [-0.4, -0.2) is 26.3 Å². The number of aliphatic hydroxyl groups is 1. The van der Waals surface area contributed by atoms with Gasteiger partial charge >= 0.3 is 0 Å². The lowest BCUT2D eigenvalue weighted by atomic mass is 9.87. The van der Waals surface area contributed by atoms with Crippen LogP contribution in [0, 0.1) is 13.8 Å². The number of rotatable bonds is 2. The van der Waals surface area contributed by atoms with E-state index in [2.05, 4.69) is 21.2 Å². The van der Waals surface area contributed by atoms with Crippen molar-refractivity contribution in [2.45, 2.75) is 51.6 Å². The maximum atomic E-state index is 9.54. The van der Waals surface area contributed by atoms with Crippen LogP contribution in [0.15, 0.2) is 16.8 Å². The van der Waals surface area contributed by atoms with Crippen LogP contribution in [0.1, 0.15) is 48.6 Å². The fourth-order valence-corrected chi connectivity index (χ4v) is 2.77. The maximum Gasteiger partial charge on any atom is 0.230 e. The molecule has 1 saturated carbocycles. The SMILES string of the molecule is Cc1cnc(-c2noc(C3CCC(O)CC3)n2)c(C)c1. The van der Waals surface area contributed by atoms with Gasteiger partial charge in [0.25, 0.3) is 0 Å². The molecule has 3 rings (SSSR count). The Morgan fingerprint density at radius 3 is 2.65 bits per heavy atom. The molecule has 0 saturated heterocycles. The molecule has 5 nitrogen and oxygen atoms in total. The highest BCUT2D eigenvalue weighted by atomic mass is 16.5. The molecule has 0 amide bonds. The first-order chi connectivity index (χ1) is 9.63. The summed E-state index contributed by atoms with van der Waals surface area (Å²) in [5.74, 6) is 1.50. The van der Waals surface area contributed by atoms with Crippen LogP contribution in [0.5, 0.6) is 0 Å². The van der Waals surface area contributed by atoms with E-state index in [1.54, 1.807) is 0 Å². The molecular weight excluding hydrogens is 254 g/mol. The number of hydrogen-bond donors (Lipinski definition) is 1. The molecule has 1 N–H and O–H groups in total. The summed E-state index contributed by atoms with van der Waals surface area (Å²) in [7, 11) is 0. The summed E-state index contributed by atoms with van der Waals surface area (Å²) in [5.41, 5.74) is 2.95. The van der Waals surface area contributed by atoms with E-state index in [9.17, 15) is 5.11 Å². The largest absolute Gasteiger partial charge is 0.393 e. The second-order valence-corrected chi connectivity index (χ2v) is 5.64. The lowest BCUT2D eigenvalue weighted by Crippen LogP contribution is -2.17. The third kappa shape index (κ3) is 2.58. The fourth-order valence-electron chi connectivity index (χ4n) is 2.77. The second kappa shape index (κ2) is 5.32. The Morgan fingerprint density at radius 2 is 1.95 bits per heavy atom. The van der Waals surface area contributed by atoms with E-state index in [1.165, 1.54) is 0 Å². The third-order valence-electron chi connectivity index (χ3n) is 3.91. The molecule has 0 aromatic carbocycles. The molecule has 0 atom stereocenters. The van der Waals surface area contributed by atoms with Gasteiger partial charge in [0.15, 0.2) is 0 Å². The van der Waals surface area contributed by atoms with E-state index >= 15 is 0 Å². The standard InChI is InChI=1S/C15H19N3O2/c1-9-7-10(2)13(16-8-9)14-17-15(20-18-14)11-3-5-12(19)6-4-11/h7-8,11-12,19H,3-6H2,1-2H3. The molecule has 0 spiro atoms. The van der Waals surface area contributed by atoms with Crippen LogP contribution >= 0.6 is 0 Å². The lowest BCUT2D eigenvalue weighted by Gasteiger charge is -2.22. The Kier molecular flexibility index (Phi) is 3.53. The van der Waals surface area contributed by atoms with Gasteiger partial charge in [-0.05, 0) is 50.7 Å². The summed E-state index contributed by atoms with van der Waals surface area (Å²) < 4.78 is 5.40. The predicted octanol–water partition coefficient (Wildman–Crippen LogP) is 2.77. The van der Waals surface area contributed by atoms with E-state index in [0.717, 1.165) is 42.5 Å². The fraction of sp³-hybridized carbons (Fsp3) is 0.533. The molecule has 1 aliphatic rings. The molecule has 2 aromatic rings. The van der Waals surface area contributed by atoms with Crippen molar-refractivity contribution in [3.05, 3.63) is 29.3 Å². The van der Waals surface area contributed by atoms with Crippen LogP contribution in [-0.2, 0) is 0 Å². The van der Waals surface area contributed by atoms with Crippen molar-refractivity contribution >= 4 is 0 Å². The minimum Gasteiger partial charge on any atom is -0.393 e. The molecule has 0 aliphatic heterocycles. The van der Waals surface area contributed by atoms with E-state index in [4.69, 9.17) is 4.52 Å². The van der Waals surface area contributed by atoms with Crippen molar-refractivity contribution in [1.82, 2.24) is 15.1 Å². The Labute approximate surface area is 118 Å². The Hall–Kier alpha value is -1.75. The average molecular weight is 273 g/mol. The van der Waals surface area contributed by atoms with Crippen LogP contribution in [0.25, 0.3) is 11.5 Å². The summed E-state index contributed by atoms with van der Waals surface area (Å²) >= 11 is 0. The molecule has 0 unspecified atom stereocenters. The minimum absolute atomic E-state index is 0.172. The molecule has 1 aliphatic carbocycles. The van der Waals surface area contributed by atoms with Gasteiger partial charge in [-0.1, -0.05) is 11.2 Å². The Bertz CT molecular complexity index is 601. The zero-order valence-corrected chi connectivity index (χ0v) is 11.8. The van der Waals surface area contributed by atoms with Gasteiger partial charge in [0.05, 0.1) is 6.10 Å². The first kappa shape index (κ1) is 13.2. The van der Waals surface area contributed by atoms with Crippen molar-refractivity contribution in [2.75, 3.05) is 0 Å². The number of nitrogens with zero attached hydrogens (tertiary/aromatic N) is 3. The van der Waals surface area contributed by atoms with Gasteiger partial charge < -0.3 is 9.63 Å². The van der Waals surface area contributed by atoms with Crippen molar-refractivity contribution in [3.63, 3.8) is 0 Å². The van der Waals surface area contributed by atoms with E-state index in [0.29, 0.717) is 11.7 Å². The van der Waals surface area contributed by atoms with Gasteiger partial charge in [-0.3, -0.25) is 4.98 Å². The molecule has 1 fully saturated rings.